The Balaban J connectivity index is 4.21. The summed E-state index contributed by atoms with van der Waals surface area (Å²) >= 11 is 0. The van der Waals surface area contributed by atoms with E-state index in [0.29, 0.717) is 11.8 Å². The average Bonchev–Trinajstić information content (AvgIpc) is 3.14. The summed E-state index contributed by atoms with van der Waals surface area (Å²) in [5.74, 6) is 0.522. The molecule has 0 N–H and O–H groups in total. The second kappa shape index (κ2) is 24.8. The summed E-state index contributed by atoms with van der Waals surface area (Å²) in [7, 11) is -8.76. The number of carbonyl (C=O) groups excluding carboxylic acids is 1. The van der Waals surface area contributed by atoms with Crippen LogP contribution in [-0.2, 0) is 27.2 Å². The predicted molar refractivity (Wildman–Crippen MR) is 298 cm³/mol. The summed E-state index contributed by atoms with van der Waals surface area (Å²) in [6.07, 6.45) is 21.2. The fourth-order valence-corrected chi connectivity index (χ4v) is 13.4. The number of ether oxygens (including phenoxy) is 1. The van der Waals surface area contributed by atoms with Gasteiger partial charge in [-0.25, -0.2) is 4.79 Å². The van der Waals surface area contributed by atoms with Gasteiger partial charge < -0.3 is 22.4 Å². The monoisotopic (exact) mass is 989 g/mol. The van der Waals surface area contributed by atoms with Crippen LogP contribution in [0.5, 0.6) is 0 Å². The minimum absolute atomic E-state index is 0.0296. The zero-order valence-electron chi connectivity index (χ0n) is 48.0. The first-order valence-corrected chi connectivity index (χ1v) is 37.5. The van der Waals surface area contributed by atoms with E-state index in [0.717, 1.165) is 25.7 Å². The summed E-state index contributed by atoms with van der Waals surface area (Å²) < 4.78 is 36.1. The minimum atomic E-state index is -2.21. The van der Waals surface area contributed by atoms with Crippen molar-refractivity contribution in [2.24, 2.45) is 35.5 Å². The number of allylic oxidation sites excluding steroid dienone is 4. The highest BCUT2D eigenvalue weighted by Gasteiger charge is 2.45. The Bertz CT molecular complexity index is 1620. The van der Waals surface area contributed by atoms with Crippen molar-refractivity contribution in [3.8, 4) is 0 Å². The zero-order chi connectivity index (χ0) is 51.7. The van der Waals surface area contributed by atoms with Crippen molar-refractivity contribution in [3.05, 3.63) is 61.3 Å². The van der Waals surface area contributed by atoms with Gasteiger partial charge in [-0.05, 0) is 115 Å². The molecule has 384 valence electrons. The molecule has 0 radical (unpaired) electrons. The van der Waals surface area contributed by atoms with Crippen LogP contribution < -0.4 is 0 Å². The number of cyclic esters (lactones) is 1. The third-order valence-corrected chi connectivity index (χ3v) is 34.6. The van der Waals surface area contributed by atoms with E-state index in [1.165, 1.54) is 0 Å². The molecule has 0 aromatic carbocycles. The molecule has 0 amide bonds. The van der Waals surface area contributed by atoms with Crippen LogP contribution in [0.1, 0.15) is 150 Å². The Morgan fingerprint density at radius 3 is 1.58 bits per heavy atom. The maximum atomic E-state index is 13.9. The topological polar surface area (TPSA) is 63.2 Å². The summed E-state index contributed by atoms with van der Waals surface area (Å²) in [4.78, 5) is 13.9. The SMILES string of the molecule is C=C/C=C\[C@H](C)[C@@H]1OC(=O)/C=C\C=C\[C@@H](C)C(O[Si](C)(C)C(C)(C)C)CC(O[Si](C)(C)C(C)(C)C)/C=C\[C@H](C)[C@H](O[Si](C)(C)C(C)(C)C)[C@@H](C)C[C@@H](C)CC[C@@H](O[Si](C)(C)C(C)(C)C)[C@@H]1C. The largest absolute Gasteiger partial charge is 0.458 e. The maximum Gasteiger partial charge on any atom is 0.331 e. The summed E-state index contributed by atoms with van der Waals surface area (Å²) in [6, 6.07) is 0. The van der Waals surface area contributed by atoms with Gasteiger partial charge in [0.15, 0.2) is 33.3 Å². The number of rotatable bonds is 11. The van der Waals surface area contributed by atoms with Crippen LogP contribution in [0, 0.1) is 35.5 Å². The summed E-state index contributed by atoms with van der Waals surface area (Å²) in [5.41, 5.74) is 0. The lowest BCUT2D eigenvalue weighted by atomic mass is 9.82. The maximum absolute atomic E-state index is 13.9. The molecule has 1 aliphatic heterocycles. The van der Waals surface area contributed by atoms with Crippen LogP contribution in [0.15, 0.2) is 61.3 Å². The average molecular weight is 990 g/mol. The van der Waals surface area contributed by atoms with Crippen LogP contribution in [0.4, 0.5) is 0 Å². The van der Waals surface area contributed by atoms with Crippen LogP contribution in [-0.4, -0.2) is 69.8 Å². The van der Waals surface area contributed by atoms with Crippen molar-refractivity contribution in [2.45, 2.75) is 253 Å². The predicted octanol–water partition coefficient (Wildman–Crippen LogP) is 17.3. The van der Waals surface area contributed by atoms with Gasteiger partial charge in [0.05, 0.1) is 24.4 Å². The second-order valence-electron chi connectivity index (χ2n) is 26.8. The Kier molecular flexibility index (Phi) is 23.6. The number of carbonyl (C=O) groups is 1. The number of hydrogen-bond donors (Lipinski definition) is 0. The third-order valence-electron chi connectivity index (χ3n) is 16.7. The Labute approximate surface area is 414 Å². The molecule has 2 unspecified atom stereocenters. The molecule has 0 bridgehead atoms. The molecule has 0 aliphatic carbocycles. The van der Waals surface area contributed by atoms with Gasteiger partial charge in [-0.15, -0.1) is 0 Å². The first-order valence-electron chi connectivity index (χ1n) is 25.8. The molecule has 0 spiro atoms. The zero-order valence-corrected chi connectivity index (χ0v) is 52.0. The second-order valence-corrected chi connectivity index (χ2v) is 45.8. The summed E-state index contributed by atoms with van der Waals surface area (Å²) in [5, 5.41) is 0.176. The van der Waals surface area contributed by atoms with E-state index in [-0.39, 0.29) is 74.2 Å². The van der Waals surface area contributed by atoms with Gasteiger partial charge in [-0.3, -0.25) is 0 Å². The molecular formula is C56H108O6Si4. The Morgan fingerprint density at radius 2 is 1.09 bits per heavy atom. The van der Waals surface area contributed by atoms with Gasteiger partial charge in [0.1, 0.15) is 6.10 Å². The highest BCUT2D eigenvalue weighted by molar-refractivity contribution is 6.75. The van der Waals surface area contributed by atoms with Gasteiger partial charge in [-0.2, -0.15) is 0 Å². The molecule has 0 fully saturated rings. The quantitative estimate of drug-likeness (QED) is 0.0890. The van der Waals surface area contributed by atoms with E-state index < -0.39 is 39.4 Å². The number of hydrogen-bond acceptors (Lipinski definition) is 6. The van der Waals surface area contributed by atoms with Gasteiger partial charge >= 0.3 is 5.97 Å². The standard InChI is InChI=1S/C56H108O6Si4/c1-28-29-32-43(4)52-46(7)48(60-64(22,23)54(11,12)13)38-35-41(2)39-45(6)51(62-66(26,27)56(17,18)19)44(5)36-37-47(59-63(20,21)53(8,9)10)40-49(61-65(24,25)55(14,15)16)42(3)33-30-31-34-50(57)58-52/h28-34,36-37,41-49,51-52H,1,35,38-40H2,2-27H3/b32-29-,33-30+,34-31-,37-36-/t41-,42+,43-,44-,45-,46-,47?,48+,49?,51-,52-/m0/s1. The Hall–Kier alpha value is -1.12. The van der Waals surface area contributed by atoms with Crippen molar-refractivity contribution < 1.29 is 27.2 Å². The molecule has 0 aromatic heterocycles. The van der Waals surface area contributed by atoms with Gasteiger partial charge in [0.25, 0.3) is 0 Å². The molecule has 10 heteroatoms. The fourth-order valence-electron chi connectivity index (χ4n) is 7.80. The van der Waals surface area contributed by atoms with E-state index in [4.69, 9.17) is 22.4 Å². The van der Waals surface area contributed by atoms with E-state index in [1.807, 2.05) is 18.2 Å². The van der Waals surface area contributed by atoms with Gasteiger partial charge in [0.2, 0.25) is 0 Å². The third kappa shape index (κ3) is 19.2. The first-order chi connectivity index (χ1) is 29.6. The smallest absolute Gasteiger partial charge is 0.331 e. The normalized spacial score (nSPS) is 30.7. The van der Waals surface area contributed by atoms with E-state index >= 15 is 0 Å². The molecular weight excluding hydrogens is 881 g/mol. The van der Waals surface area contributed by atoms with E-state index in [9.17, 15) is 4.79 Å². The minimum Gasteiger partial charge on any atom is -0.458 e. The van der Waals surface area contributed by atoms with Crippen molar-refractivity contribution in [1.29, 1.82) is 0 Å². The highest BCUT2D eigenvalue weighted by atomic mass is 28.4. The molecule has 0 saturated carbocycles. The Morgan fingerprint density at radius 1 is 0.621 bits per heavy atom. The van der Waals surface area contributed by atoms with Crippen LogP contribution >= 0.6 is 0 Å². The molecule has 6 nitrogen and oxygen atoms in total. The van der Waals surface area contributed by atoms with Crippen LogP contribution in [0.3, 0.4) is 0 Å². The van der Waals surface area contributed by atoms with Crippen molar-refractivity contribution in [3.63, 3.8) is 0 Å². The van der Waals surface area contributed by atoms with Crippen LogP contribution in [0.2, 0.25) is 72.5 Å². The van der Waals surface area contributed by atoms with Crippen LogP contribution in [0.25, 0.3) is 0 Å². The molecule has 1 rings (SSSR count). The number of esters is 1. The molecule has 1 heterocycles. The molecule has 11 atom stereocenters. The molecule has 1 aliphatic rings. The summed E-state index contributed by atoms with van der Waals surface area (Å²) in [6.45, 7) is 64.5. The molecule has 0 aromatic rings. The molecule has 66 heavy (non-hydrogen) atoms. The van der Waals surface area contributed by atoms with Gasteiger partial charge in [0, 0.05) is 24.3 Å². The molecule has 0 saturated heterocycles. The lowest BCUT2D eigenvalue weighted by Gasteiger charge is -2.44. The lowest BCUT2D eigenvalue weighted by Crippen LogP contribution is -2.48. The lowest BCUT2D eigenvalue weighted by molar-refractivity contribution is -0.150. The first kappa shape index (κ1) is 62.9. The van der Waals surface area contributed by atoms with E-state index in [2.05, 4.69) is 208 Å². The highest BCUT2D eigenvalue weighted by Crippen LogP contribution is 2.44. The van der Waals surface area contributed by atoms with Crippen molar-refractivity contribution in [2.75, 3.05) is 0 Å². The fraction of sp³-hybridized carbons (Fsp3) is 0.804. The van der Waals surface area contributed by atoms with Crippen molar-refractivity contribution >= 4 is 39.2 Å². The van der Waals surface area contributed by atoms with E-state index in [1.54, 1.807) is 12.2 Å². The van der Waals surface area contributed by atoms with Crippen molar-refractivity contribution in [1.82, 2.24) is 0 Å². The van der Waals surface area contributed by atoms with Gasteiger partial charge in [-0.1, -0.05) is 180 Å².